The Morgan fingerprint density at radius 2 is 1.51 bits per heavy atom. The molecule has 1 N–H and O–H groups in total. The molecule has 1 saturated heterocycles. The van der Waals surface area contributed by atoms with Crippen molar-refractivity contribution >= 4 is 18.0 Å². The van der Waals surface area contributed by atoms with Crippen molar-refractivity contribution in [2.24, 2.45) is 0 Å². The highest BCUT2D eigenvalue weighted by atomic mass is 16.5. The van der Waals surface area contributed by atoms with E-state index in [1.54, 1.807) is 7.11 Å². The van der Waals surface area contributed by atoms with E-state index in [-0.39, 0.29) is 11.9 Å². The lowest BCUT2D eigenvalue weighted by atomic mass is 10.1. The van der Waals surface area contributed by atoms with Gasteiger partial charge in [-0.25, -0.2) is 4.79 Å². The van der Waals surface area contributed by atoms with Crippen LogP contribution >= 0.6 is 0 Å². The summed E-state index contributed by atoms with van der Waals surface area (Å²) in [4.78, 5) is 32.0. The lowest BCUT2D eigenvalue weighted by Crippen LogP contribution is -2.53. The molecule has 1 aliphatic heterocycles. The number of nitrogens with one attached hydrogen (secondary N) is 1. The number of nitrogens with zero attached hydrogens (tertiary/aromatic N) is 3. The first-order valence-corrected chi connectivity index (χ1v) is 13.5. The number of amides is 3. The minimum Gasteiger partial charge on any atom is -0.496 e. The van der Waals surface area contributed by atoms with Crippen molar-refractivity contribution in [1.29, 1.82) is 0 Å². The molecule has 3 aromatic carbocycles. The minimum absolute atomic E-state index is 0.0281. The molecule has 0 saturated carbocycles. The first-order chi connectivity index (χ1) is 19.1. The quantitative estimate of drug-likeness (QED) is 0.405. The molecule has 4 rings (SSSR count). The fourth-order valence-corrected chi connectivity index (χ4v) is 4.63. The van der Waals surface area contributed by atoms with Gasteiger partial charge in [-0.2, -0.15) is 0 Å². The Hall–Kier alpha value is -4.10. The number of benzene rings is 3. The van der Waals surface area contributed by atoms with E-state index in [0.29, 0.717) is 39.1 Å². The van der Waals surface area contributed by atoms with Crippen molar-refractivity contribution in [3.05, 3.63) is 108 Å². The Bertz CT molecular complexity index is 1210. The molecule has 1 aliphatic rings. The second kappa shape index (κ2) is 14.7. The van der Waals surface area contributed by atoms with Crippen LogP contribution in [-0.4, -0.2) is 79.6 Å². The SMILES string of the molecule is COc1ccccc1/C=C/CN(CCN1CCN(C(=O)NCc2ccccc2)CC1)C(=O)Cc1ccccc1. The summed E-state index contributed by atoms with van der Waals surface area (Å²) in [6.07, 6.45) is 4.41. The highest BCUT2D eigenvalue weighted by Gasteiger charge is 2.22. The van der Waals surface area contributed by atoms with Gasteiger partial charge in [-0.1, -0.05) is 91.0 Å². The molecule has 1 heterocycles. The van der Waals surface area contributed by atoms with Gasteiger partial charge in [-0.3, -0.25) is 9.69 Å². The van der Waals surface area contributed by atoms with Crippen molar-refractivity contribution in [2.75, 3.05) is 52.9 Å². The number of methoxy groups -OCH3 is 1. The molecule has 3 aromatic rings. The molecule has 0 aliphatic carbocycles. The first kappa shape index (κ1) is 27.9. The van der Waals surface area contributed by atoms with Crippen LogP contribution in [0.5, 0.6) is 5.75 Å². The molecule has 0 bridgehead atoms. The van der Waals surface area contributed by atoms with Gasteiger partial charge in [0.05, 0.1) is 13.5 Å². The summed E-state index contributed by atoms with van der Waals surface area (Å²) in [5.74, 6) is 0.909. The summed E-state index contributed by atoms with van der Waals surface area (Å²) < 4.78 is 5.45. The average Bonchev–Trinajstić information content (AvgIpc) is 2.99. The van der Waals surface area contributed by atoms with Crippen LogP contribution in [0.25, 0.3) is 6.08 Å². The topological polar surface area (TPSA) is 65.1 Å². The van der Waals surface area contributed by atoms with E-state index in [1.807, 2.05) is 107 Å². The standard InChI is InChI=1S/C32H38N4O3/c1-39-30-17-9-8-15-29(30)16-10-18-35(31(37)25-27-11-4-2-5-12-27)22-19-34-20-23-36(24-21-34)32(38)33-26-28-13-6-3-7-14-28/h2-17H,18-26H2,1H3,(H,33,38)/b16-10+. The van der Waals surface area contributed by atoms with E-state index in [1.165, 1.54) is 0 Å². The van der Waals surface area contributed by atoms with Crippen molar-refractivity contribution in [2.45, 2.75) is 13.0 Å². The molecule has 7 nitrogen and oxygen atoms in total. The zero-order chi connectivity index (χ0) is 27.3. The van der Waals surface area contributed by atoms with E-state index in [4.69, 9.17) is 4.74 Å². The molecule has 0 radical (unpaired) electrons. The van der Waals surface area contributed by atoms with Crippen LogP contribution in [0.15, 0.2) is 91.0 Å². The maximum atomic E-state index is 13.3. The van der Waals surface area contributed by atoms with Gasteiger partial charge < -0.3 is 19.9 Å². The normalized spacial score (nSPS) is 13.8. The number of urea groups is 1. The molecule has 0 atom stereocenters. The van der Waals surface area contributed by atoms with Gasteiger partial charge in [0.1, 0.15) is 5.75 Å². The molecule has 3 amide bonds. The zero-order valence-electron chi connectivity index (χ0n) is 22.7. The van der Waals surface area contributed by atoms with Crippen LogP contribution in [0.3, 0.4) is 0 Å². The Labute approximate surface area is 231 Å². The van der Waals surface area contributed by atoms with Crippen LogP contribution in [0.4, 0.5) is 4.79 Å². The predicted octanol–water partition coefficient (Wildman–Crippen LogP) is 4.31. The van der Waals surface area contributed by atoms with Gasteiger partial charge >= 0.3 is 6.03 Å². The molecule has 1 fully saturated rings. The number of hydrogen-bond acceptors (Lipinski definition) is 4. The maximum Gasteiger partial charge on any atom is 0.317 e. The number of piperazine rings is 1. The third kappa shape index (κ3) is 8.72. The van der Waals surface area contributed by atoms with E-state index >= 15 is 0 Å². The fourth-order valence-electron chi connectivity index (χ4n) is 4.63. The number of carbonyl (C=O) groups is 2. The van der Waals surface area contributed by atoms with Crippen molar-refractivity contribution in [3.8, 4) is 5.75 Å². The van der Waals surface area contributed by atoms with Crippen molar-refractivity contribution in [1.82, 2.24) is 20.0 Å². The molecule has 7 heteroatoms. The molecular weight excluding hydrogens is 488 g/mol. The van der Waals surface area contributed by atoms with Gasteiger partial charge in [0.25, 0.3) is 0 Å². The van der Waals surface area contributed by atoms with Crippen LogP contribution in [0.2, 0.25) is 0 Å². The summed E-state index contributed by atoms with van der Waals surface area (Å²) >= 11 is 0. The van der Waals surface area contributed by atoms with Gasteiger partial charge in [0.2, 0.25) is 5.91 Å². The number of para-hydroxylation sites is 1. The summed E-state index contributed by atoms with van der Waals surface area (Å²) in [6.45, 7) is 5.36. The van der Waals surface area contributed by atoms with Gasteiger partial charge in [-0.05, 0) is 17.2 Å². The third-order valence-electron chi connectivity index (χ3n) is 6.95. The van der Waals surface area contributed by atoms with Crippen LogP contribution in [0, 0.1) is 0 Å². The maximum absolute atomic E-state index is 13.3. The summed E-state index contributed by atoms with van der Waals surface area (Å²) in [5.41, 5.74) is 3.08. The number of hydrogen-bond donors (Lipinski definition) is 1. The smallest absolute Gasteiger partial charge is 0.317 e. The van der Waals surface area contributed by atoms with Crippen LogP contribution < -0.4 is 10.1 Å². The Morgan fingerprint density at radius 1 is 0.872 bits per heavy atom. The van der Waals surface area contributed by atoms with E-state index < -0.39 is 0 Å². The van der Waals surface area contributed by atoms with E-state index in [9.17, 15) is 9.59 Å². The monoisotopic (exact) mass is 526 g/mol. The predicted molar refractivity (Wildman–Crippen MR) is 155 cm³/mol. The zero-order valence-corrected chi connectivity index (χ0v) is 22.7. The molecule has 0 spiro atoms. The number of rotatable bonds is 11. The largest absolute Gasteiger partial charge is 0.496 e. The Kier molecular flexibility index (Phi) is 10.6. The second-order valence-corrected chi connectivity index (χ2v) is 9.62. The lowest BCUT2D eigenvalue weighted by Gasteiger charge is -2.35. The fraction of sp³-hybridized carbons (Fsp3) is 0.312. The highest BCUT2D eigenvalue weighted by molar-refractivity contribution is 5.79. The van der Waals surface area contributed by atoms with Crippen molar-refractivity contribution < 1.29 is 14.3 Å². The molecule has 0 unspecified atom stereocenters. The van der Waals surface area contributed by atoms with Crippen molar-refractivity contribution in [3.63, 3.8) is 0 Å². The molecular formula is C32H38N4O3. The van der Waals surface area contributed by atoms with E-state index in [0.717, 1.165) is 42.1 Å². The Morgan fingerprint density at radius 3 is 2.21 bits per heavy atom. The number of carbonyl (C=O) groups excluding carboxylic acids is 2. The molecule has 39 heavy (non-hydrogen) atoms. The van der Waals surface area contributed by atoms with Gasteiger partial charge in [0.15, 0.2) is 0 Å². The summed E-state index contributed by atoms with van der Waals surface area (Å²) in [5, 5.41) is 3.02. The third-order valence-corrected chi connectivity index (χ3v) is 6.95. The number of ether oxygens (including phenoxy) is 1. The average molecular weight is 527 g/mol. The van der Waals surface area contributed by atoms with E-state index in [2.05, 4.69) is 10.2 Å². The van der Waals surface area contributed by atoms with Crippen LogP contribution in [0.1, 0.15) is 16.7 Å². The lowest BCUT2D eigenvalue weighted by molar-refractivity contribution is -0.130. The molecule has 204 valence electrons. The second-order valence-electron chi connectivity index (χ2n) is 9.62. The Balaban J connectivity index is 1.29. The summed E-state index contributed by atoms with van der Waals surface area (Å²) in [7, 11) is 1.66. The molecule has 0 aromatic heterocycles. The van der Waals surface area contributed by atoms with Crippen LogP contribution in [-0.2, 0) is 17.8 Å². The summed E-state index contributed by atoms with van der Waals surface area (Å²) in [6, 6.07) is 27.6. The first-order valence-electron chi connectivity index (χ1n) is 13.5. The highest BCUT2D eigenvalue weighted by Crippen LogP contribution is 2.18. The minimum atomic E-state index is -0.0281. The van der Waals surface area contributed by atoms with Gasteiger partial charge in [-0.15, -0.1) is 0 Å². The van der Waals surface area contributed by atoms with Gasteiger partial charge in [0, 0.05) is 57.9 Å².